The van der Waals surface area contributed by atoms with Crippen LogP contribution in [0.1, 0.15) is 45.7 Å². The van der Waals surface area contributed by atoms with Gasteiger partial charge in [0.1, 0.15) is 11.9 Å². The first-order valence-electron chi connectivity index (χ1n) is 21.6. The normalized spacial score (nSPS) is 19.9. The van der Waals surface area contributed by atoms with Gasteiger partial charge in [0.2, 0.25) is 0 Å². The molecule has 3 atom stereocenters. The molecule has 61 heavy (non-hydrogen) atoms. The molecule has 0 bridgehead atoms. The van der Waals surface area contributed by atoms with Crippen molar-refractivity contribution in [2.45, 2.75) is 23.9 Å². The molecule has 7 aromatic rings. The van der Waals surface area contributed by atoms with Crippen molar-refractivity contribution in [2.75, 3.05) is 4.90 Å². The molecule has 0 N–H and O–H groups in total. The first kappa shape index (κ1) is 34.4. The van der Waals surface area contributed by atoms with E-state index in [4.69, 9.17) is 4.74 Å². The minimum Gasteiger partial charge on any atom is -0.484 e. The smallest absolute Gasteiger partial charge is 0.135 e. The van der Waals surface area contributed by atoms with E-state index >= 15 is 0 Å². The van der Waals surface area contributed by atoms with E-state index in [9.17, 15) is 0 Å². The molecule has 0 saturated carbocycles. The zero-order valence-corrected chi connectivity index (χ0v) is 33.6. The Morgan fingerprint density at radius 3 is 1.92 bits per heavy atom. The molecule has 13 rings (SSSR count). The molecular weight excluding hydrogens is 739 g/mol. The van der Waals surface area contributed by atoms with Gasteiger partial charge < -0.3 is 9.64 Å². The summed E-state index contributed by atoms with van der Waals surface area (Å²) < 4.78 is 6.90. The molecule has 3 unspecified atom stereocenters. The van der Waals surface area contributed by atoms with Gasteiger partial charge in [-0.3, -0.25) is 0 Å². The van der Waals surface area contributed by atoms with E-state index in [1.54, 1.807) is 0 Å². The number of benzene rings is 7. The van der Waals surface area contributed by atoms with Gasteiger partial charge in [-0.2, -0.15) is 0 Å². The van der Waals surface area contributed by atoms with Gasteiger partial charge in [0.15, 0.2) is 0 Å². The van der Waals surface area contributed by atoms with Gasteiger partial charge in [0.25, 0.3) is 0 Å². The maximum absolute atomic E-state index is 6.90. The predicted molar refractivity (Wildman–Crippen MR) is 250 cm³/mol. The van der Waals surface area contributed by atoms with Crippen LogP contribution < -0.4 is 9.64 Å². The van der Waals surface area contributed by atoms with Gasteiger partial charge in [-0.1, -0.05) is 182 Å². The Morgan fingerprint density at radius 2 is 1.18 bits per heavy atom. The summed E-state index contributed by atoms with van der Waals surface area (Å²) in [5, 5.41) is 0. The van der Waals surface area contributed by atoms with Crippen molar-refractivity contribution in [1.29, 1.82) is 0 Å². The molecule has 1 aliphatic heterocycles. The highest BCUT2D eigenvalue weighted by molar-refractivity contribution is 5.96. The molecule has 1 spiro atoms. The van der Waals surface area contributed by atoms with Crippen molar-refractivity contribution < 1.29 is 4.74 Å². The van der Waals surface area contributed by atoms with E-state index < -0.39 is 0 Å². The van der Waals surface area contributed by atoms with Crippen molar-refractivity contribution in [3.05, 3.63) is 263 Å². The van der Waals surface area contributed by atoms with Crippen molar-refractivity contribution in [1.82, 2.24) is 0 Å². The monoisotopic (exact) mass is 779 g/mol. The van der Waals surface area contributed by atoms with Gasteiger partial charge in [0, 0.05) is 46.1 Å². The standard InChI is InChI=1S/C59H41NO/c1-2-14-40(15-3-1)46-20-12-21-52-51-34-32-45(37-57(51)61-58(46)52)60(44-31-27-38-13-4-5-16-41(38)35-44)43-29-25-39(26-30-43)42-28-33-50-49-19-8-11-24-55(49)59(56(50)36-42)53-22-9-6-17-47(53)48-18-7-10-23-54(48)59/h1-26,28-38,52,58H,27H2. The van der Waals surface area contributed by atoms with Crippen molar-refractivity contribution in [3.8, 4) is 39.1 Å². The summed E-state index contributed by atoms with van der Waals surface area (Å²) in [6, 6.07) is 60.9. The summed E-state index contributed by atoms with van der Waals surface area (Å²) >= 11 is 0. The fourth-order valence-corrected chi connectivity index (χ4v) is 11.3. The van der Waals surface area contributed by atoms with Crippen LogP contribution >= 0.6 is 0 Å². The molecule has 288 valence electrons. The highest BCUT2D eigenvalue weighted by Gasteiger charge is 2.51. The van der Waals surface area contributed by atoms with Crippen molar-refractivity contribution >= 4 is 16.9 Å². The molecule has 6 aliphatic rings. The third-order valence-corrected chi connectivity index (χ3v) is 14.0. The lowest BCUT2D eigenvalue weighted by molar-refractivity contribution is 0.278. The summed E-state index contributed by atoms with van der Waals surface area (Å²) in [5.41, 5.74) is 21.2. The van der Waals surface area contributed by atoms with Crippen LogP contribution in [0.4, 0.5) is 11.4 Å². The highest BCUT2D eigenvalue weighted by Crippen LogP contribution is 2.63. The topological polar surface area (TPSA) is 12.5 Å². The largest absolute Gasteiger partial charge is 0.484 e. The second kappa shape index (κ2) is 13.3. The van der Waals surface area contributed by atoms with E-state index in [1.165, 1.54) is 83.6 Å². The molecule has 0 aromatic heterocycles. The highest BCUT2D eigenvalue weighted by atomic mass is 16.5. The summed E-state index contributed by atoms with van der Waals surface area (Å²) in [4.78, 5) is 2.41. The third-order valence-electron chi connectivity index (χ3n) is 14.0. The zero-order valence-electron chi connectivity index (χ0n) is 33.6. The molecule has 2 nitrogen and oxygen atoms in total. The van der Waals surface area contributed by atoms with Crippen molar-refractivity contribution in [3.63, 3.8) is 0 Å². The molecule has 0 amide bonds. The Kier molecular flexibility index (Phi) is 7.51. The van der Waals surface area contributed by atoms with E-state index in [0.29, 0.717) is 5.92 Å². The number of hydrogen-bond acceptors (Lipinski definition) is 2. The predicted octanol–water partition coefficient (Wildman–Crippen LogP) is 14.3. The van der Waals surface area contributed by atoms with E-state index in [0.717, 1.165) is 23.5 Å². The molecule has 0 saturated heterocycles. The maximum atomic E-state index is 6.90. The van der Waals surface area contributed by atoms with Crippen LogP contribution in [0.5, 0.6) is 5.75 Å². The average molecular weight is 780 g/mol. The summed E-state index contributed by atoms with van der Waals surface area (Å²) in [7, 11) is 0. The SMILES string of the molecule is C1=CC2=CC(N(c3ccc(-c4ccc5c(c4)C4(c6ccccc6-c6ccccc64)c4ccccc4-5)cc3)c3ccc4c(c3)OC3C(c5ccccc5)=CC=CC43)=CCC2C=C1. The first-order valence-corrected chi connectivity index (χ1v) is 21.6. The molecule has 0 fully saturated rings. The van der Waals surface area contributed by atoms with Gasteiger partial charge in [-0.15, -0.1) is 0 Å². The second-order valence-corrected chi connectivity index (χ2v) is 17.0. The van der Waals surface area contributed by atoms with Crippen molar-refractivity contribution in [2.24, 2.45) is 5.92 Å². The van der Waals surface area contributed by atoms with Crippen LogP contribution in [-0.4, -0.2) is 6.10 Å². The van der Waals surface area contributed by atoms with Gasteiger partial charge >= 0.3 is 0 Å². The summed E-state index contributed by atoms with van der Waals surface area (Å²) in [5.74, 6) is 1.54. The van der Waals surface area contributed by atoms with Gasteiger partial charge in [-0.05, 0) is 104 Å². The molecule has 7 aromatic carbocycles. The molecule has 5 aliphatic carbocycles. The van der Waals surface area contributed by atoms with Gasteiger partial charge in [-0.25, -0.2) is 0 Å². The van der Waals surface area contributed by atoms with E-state index in [1.807, 2.05) is 0 Å². The lowest BCUT2D eigenvalue weighted by Crippen LogP contribution is -2.25. The van der Waals surface area contributed by atoms with Crippen LogP contribution in [0, 0.1) is 5.92 Å². The first-order chi connectivity index (χ1) is 30.2. The zero-order chi connectivity index (χ0) is 40.1. The number of fused-ring (bicyclic) bond motifs is 14. The lowest BCUT2D eigenvalue weighted by Gasteiger charge is -2.31. The number of hydrogen-bond donors (Lipinski definition) is 0. The fourth-order valence-electron chi connectivity index (χ4n) is 11.3. The Morgan fingerprint density at radius 1 is 0.525 bits per heavy atom. The fraction of sp³-hybridized carbons (Fsp3) is 0.0847. The minimum absolute atomic E-state index is 0.0493. The third kappa shape index (κ3) is 5.03. The Labute approximate surface area is 357 Å². The molecule has 0 radical (unpaired) electrons. The quantitative estimate of drug-likeness (QED) is 0.172. The van der Waals surface area contributed by atoms with Crippen LogP contribution in [0.25, 0.3) is 39.0 Å². The Bertz CT molecular complexity index is 3090. The van der Waals surface area contributed by atoms with Crippen LogP contribution in [0.3, 0.4) is 0 Å². The molecule has 1 heterocycles. The van der Waals surface area contributed by atoms with Crippen LogP contribution in [0.15, 0.2) is 230 Å². The van der Waals surface area contributed by atoms with Crippen LogP contribution in [0.2, 0.25) is 0 Å². The minimum atomic E-state index is -0.367. The number of nitrogens with zero attached hydrogens (tertiary/aromatic N) is 1. The summed E-state index contributed by atoms with van der Waals surface area (Å²) in [6.45, 7) is 0. The van der Waals surface area contributed by atoms with E-state index in [-0.39, 0.29) is 17.4 Å². The average Bonchev–Trinajstić information content (AvgIpc) is 3.96. The number of anilines is 2. The number of rotatable bonds is 5. The van der Waals surface area contributed by atoms with E-state index in [2.05, 4.69) is 223 Å². The Balaban J connectivity index is 0.903. The summed E-state index contributed by atoms with van der Waals surface area (Å²) in [6.07, 6.45) is 21.3. The maximum Gasteiger partial charge on any atom is 0.135 e. The molecule has 2 heteroatoms. The Hall–Kier alpha value is -7.42. The van der Waals surface area contributed by atoms with Gasteiger partial charge in [0.05, 0.1) is 5.41 Å². The number of allylic oxidation sites excluding steroid dienone is 9. The van der Waals surface area contributed by atoms with Crippen LogP contribution in [-0.2, 0) is 5.41 Å². The lowest BCUT2D eigenvalue weighted by atomic mass is 9.70. The molecular formula is C59H41NO. The number of ether oxygens (including phenoxy) is 1. The second-order valence-electron chi connectivity index (χ2n) is 17.0.